The topological polar surface area (TPSA) is 87.7 Å². The van der Waals surface area contributed by atoms with Gasteiger partial charge in [0.05, 0.1) is 18.2 Å². The molecule has 1 heterocycles. The Labute approximate surface area is 225 Å². The Morgan fingerprint density at radius 2 is 1.57 bits per heavy atom. The average Bonchev–Trinajstić information content (AvgIpc) is 3.06. The minimum absolute atomic E-state index is 0.0265. The van der Waals surface area contributed by atoms with Gasteiger partial charge >= 0.3 is 0 Å². The third kappa shape index (κ3) is 5.96. The number of rotatable bonds is 8. The summed E-state index contributed by atoms with van der Waals surface area (Å²) in [6, 6.07) is 19.1. The van der Waals surface area contributed by atoms with E-state index < -0.39 is 11.8 Å². The van der Waals surface area contributed by atoms with Crippen LogP contribution in [-0.4, -0.2) is 23.8 Å². The van der Waals surface area contributed by atoms with E-state index in [4.69, 9.17) is 27.9 Å². The first-order valence-electron chi connectivity index (χ1n) is 11.6. The fraction of sp³-hybridized carbons (Fsp3) is 0.179. The van der Waals surface area contributed by atoms with Crippen LogP contribution in [0.4, 0.5) is 17.1 Å². The van der Waals surface area contributed by atoms with Gasteiger partial charge in [0, 0.05) is 16.4 Å². The quantitative estimate of drug-likeness (QED) is 0.341. The molecule has 7 nitrogen and oxygen atoms in total. The summed E-state index contributed by atoms with van der Waals surface area (Å²) in [4.78, 5) is 39.3. The van der Waals surface area contributed by atoms with Crippen molar-refractivity contribution in [3.05, 3.63) is 93.6 Å². The van der Waals surface area contributed by atoms with Gasteiger partial charge in [0.2, 0.25) is 5.91 Å². The number of hydrogen-bond donors (Lipinski definition) is 2. The van der Waals surface area contributed by atoms with E-state index in [-0.39, 0.29) is 29.2 Å². The first kappa shape index (κ1) is 26.3. The Hall–Kier alpha value is -3.81. The molecule has 3 aromatic rings. The van der Waals surface area contributed by atoms with Gasteiger partial charge in [-0.25, -0.2) is 4.90 Å². The van der Waals surface area contributed by atoms with E-state index in [9.17, 15) is 14.4 Å². The number of imide groups is 1. The minimum Gasteiger partial charge on any atom is -0.491 e. The molecule has 3 aromatic carbocycles. The number of carbonyl (C=O) groups is 3. The number of anilines is 3. The maximum atomic E-state index is 13.1. The van der Waals surface area contributed by atoms with Gasteiger partial charge in [-0.05, 0) is 80.4 Å². The van der Waals surface area contributed by atoms with Crippen molar-refractivity contribution in [3.63, 3.8) is 0 Å². The molecule has 0 aromatic heterocycles. The van der Waals surface area contributed by atoms with E-state index in [0.717, 1.165) is 16.2 Å². The number of halogens is 2. The summed E-state index contributed by atoms with van der Waals surface area (Å²) < 4.78 is 5.61. The Bertz CT molecular complexity index is 1380. The lowest BCUT2D eigenvalue weighted by Crippen LogP contribution is -2.32. The maximum absolute atomic E-state index is 13.1. The molecule has 9 heteroatoms. The molecule has 0 spiro atoms. The summed E-state index contributed by atoms with van der Waals surface area (Å²) in [5.74, 6) is -0.641. The van der Waals surface area contributed by atoms with Gasteiger partial charge in [0.25, 0.3) is 11.8 Å². The first-order chi connectivity index (χ1) is 17.6. The molecule has 0 aliphatic carbocycles. The van der Waals surface area contributed by atoms with Crippen molar-refractivity contribution in [1.29, 1.82) is 0 Å². The normalized spacial score (nSPS) is 13.4. The summed E-state index contributed by atoms with van der Waals surface area (Å²) in [5.41, 5.74) is 2.93. The van der Waals surface area contributed by atoms with Crippen LogP contribution in [0.5, 0.6) is 5.75 Å². The molecule has 1 aliphatic heterocycles. The number of ether oxygens (including phenoxy) is 1. The van der Waals surface area contributed by atoms with Crippen LogP contribution in [0.1, 0.15) is 25.0 Å². The van der Waals surface area contributed by atoms with Crippen LogP contribution in [0.3, 0.4) is 0 Å². The fourth-order valence-corrected chi connectivity index (χ4v) is 4.18. The van der Waals surface area contributed by atoms with E-state index in [1.165, 1.54) is 0 Å². The molecule has 3 amide bonds. The van der Waals surface area contributed by atoms with Gasteiger partial charge < -0.3 is 15.4 Å². The number of hydrogen-bond acceptors (Lipinski definition) is 5. The lowest BCUT2D eigenvalue weighted by molar-refractivity contribution is -0.120. The van der Waals surface area contributed by atoms with E-state index in [1.807, 2.05) is 13.8 Å². The highest BCUT2D eigenvalue weighted by atomic mass is 35.5. The van der Waals surface area contributed by atoms with Gasteiger partial charge in [0.1, 0.15) is 16.5 Å². The first-order valence-corrected chi connectivity index (χ1v) is 12.4. The summed E-state index contributed by atoms with van der Waals surface area (Å²) in [6.07, 6.45) is 0.233. The molecule has 190 valence electrons. The zero-order valence-electron chi connectivity index (χ0n) is 20.5. The second-order valence-corrected chi connectivity index (χ2v) is 9.54. The van der Waals surface area contributed by atoms with E-state index >= 15 is 0 Å². The lowest BCUT2D eigenvalue weighted by atomic mass is 10.1. The Kier molecular flexibility index (Phi) is 7.86. The fourth-order valence-electron chi connectivity index (χ4n) is 3.80. The molecular formula is C28H25Cl2N3O4. The highest BCUT2D eigenvalue weighted by molar-refractivity contribution is 6.53. The molecule has 1 aliphatic rings. The van der Waals surface area contributed by atoms with Crippen LogP contribution in [0.25, 0.3) is 0 Å². The molecule has 0 radical (unpaired) electrons. The Balaban J connectivity index is 1.39. The van der Waals surface area contributed by atoms with Crippen molar-refractivity contribution in [2.45, 2.75) is 33.3 Å². The summed E-state index contributed by atoms with van der Waals surface area (Å²) in [5, 5.41) is 6.02. The van der Waals surface area contributed by atoms with Crippen LogP contribution >= 0.6 is 23.2 Å². The van der Waals surface area contributed by atoms with Crippen LogP contribution in [-0.2, 0) is 20.8 Å². The molecule has 0 bridgehead atoms. The summed E-state index contributed by atoms with van der Waals surface area (Å²) >= 11 is 12.4. The molecule has 0 fully saturated rings. The van der Waals surface area contributed by atoms with Gasteiger partial charge in [-0.1, -0.05) is 41.4 Å². The third-order valence-corrected chi connectivity index (χ3v) is 6.37. The van der Waals surface area contributed by atoms with E-state index in [0.29, 0.717) is 27.6 Å². The molecule has 4 rings (SSSR count). The van der Waals surface area contributed by atoms with Crippen molar-refractivity contribution >= 4 is 58.0 Å². The summed E-state index contributed by atoms with van der Waals surface area (Å²) in [7, 11) is 0. The van der Waals surface area contributed by atoms with Gasteiger partial charge in [-0.2, -0.15) is 0 Å². The molecule has 0 saturated carbocycles. The average molecular weight is 538 g/mol. The highest BCUT2D eigenvalue weighted by Crippen LogP contribution is 2.34. The second-order valence-electron chi connectivity index (χ2n) is 8.76. The number of benzene rings is 3. The zero-order valence-corrected chi connectivity index (χ0v) is 22.0. The molecule has 0 atom stereocenters. The van der Waals surface area contributed by atoms with Crippen molar-refractivity contribution in [1.82, 2.24) is 0 Å². The van der Waals surface area contributed by atoms with Crippen LogP contribution in [0.15, 0.2) is 77.5 Å². The largest absolute Gasteiger partial charge is 0.491 e. The third-order valence-electron chi connectivity index (χ3n) is 5.61. The number of nitrogens with zero attached hydrogens (tertiary/aromatic N) is 1. The monoisotopic (exact) mass is 537 g/mol. The molecule has 0 unspecified atom stereocenters. The molecule has 2 N–H and O–H groups in total. The van der Waals surface area contributed by atoms with E-state index in [2.05, 4.69) is 10.6 Å². The van der Waals surface area contributed by atoms with Crippen molar-refractivity contribution in [3.8, 4) is 5.75 Å². The standard InChI is InChI=1S/C28H25Cl2N3O4/c1-16(2)37-21-13-11-19(12-14-21)31-24(34)15-18-7-9-20(10-8-18)32-26-25(30)27(35)33(28(26)36)23-6-4-5-22(29)17(23)3/h4-14,16,32H,15H2,1-3H3,(H,31,34). The Morgan fingerprint density at radius 1 is 0.919 bits per heavy atom. The second kappa shape index (κ2) is 11.1. The van der Waals surface area contributed by atoms with Crippen LogP contribution < -0.4 is 20.3 Å². The van der Waals surface area contributed by atoms with Gasteiger partial charge in [-0.15, -0.1) is 0 Å². The van der Waals surface area contributed by atoms with Crippen molar-refractivity contribution < 1.29 is 19.1 Å². The Morgan fingerprint density at radius 3 is 2.22 bits per heavy atom. The maximum Gasteiger partial charge on any atom is 0.283 e. The smallest absolute Gasteiger partial charge is 0.283 e. The van der Waals surface area contributed by atoms with Crippen molar-refractivity contribution in [2.24, 2.45) is 0 Å². The minimum atomic E-state index is -0.628. The number of nitrogens with one attached hydrogen (secondary N) is 2. The predicted molar refractivity (Wildman–Crippen MR) is 146 cm³/mol. The van der Waals surface area contributed by atoms with Crippen LogP contribution in [0.2, 0.25) is 5.02 Å². The molecule has 37 heavy (non-hydrogen) atoms. The predicted octanol–water partition coefficient (Wildman–Crippen LogP) is 6.05. The zero-order chi connectivity index (χ0) is 26.7. The van der Waals surface area contributed by atoms with E-state index in [1.54, 1.807) is 73.7 Å². The van der Waals surface area contributed by atoms with Crippen LogP contribution in [0, 0.1) is 6.92 Å². The van der Waals surface area contributed by atoms with Crippen molar-refractivity contribution in [2.75, 3.05) is 15.5 Å². The lowest BCUT2D eigenvalue weighted by Gasteiger charge is -2.18. The van der Waals surface area contributed by atoms with Gasteiger partial charge in [-0.3, -0.25) is 14.4 Å². The molecular weight excluding hydrogens is 513 g/mol. The van der Waals surface area contributed by atoms with Gasteiger partial charge in [0.15, 0.2) is 0 Å². The SMILES string of the molecule is Cc1c(Cl)cccc1N1C(=O)C(Cl)=C(Nc2ccc(CC(=O)Nc3ccc(OC(C)C)cc3)cc2)C1=O. The molecule has 0 saturated heterocycles. The summed E-state index contributed by atoms with van der Waals surface area (Å²) in [6.45, 7) is 5.62. The number of carbonyl (C=O) groups excluding carboxylic acids is 3. The number of amides is 3. The highest BCUT2D eigenvalue weighted by Gasteiger charge is 2.39.